The van der Waals surface area contributed by atoms with Gasteiger partial charge in [-0.1, -0.05) is 6.07 Å². The number of rotatable bonds is 4. The lowest BCUT2D eigenvalue weighted by atomic mass is 10.1. The van der Waals surface area contributed by atoms with E-state index in [1.54, 1.807) is 29.5 Å². The van der Waals surface area contributed by atoms with E-state index in [1.807, 2.05) is 24.4 Å². The third kappa shape index (κ3) is 3.51. The summed E-state index contributed by atoms with van der Waals surface area (Å²) in [6, 6.07) is 11.3. The van der Waals surface area contributed by atoms with Gasteiger partial charge in [0.1, 0.15) is 11.5 Å². The van der Waals surface area contributed by atoms with E-state index in [4.69, 9.17) is 0 Å². The number of nitrogens with one attached hydrogen (secondary N) is 2. The van der Waals surface area contributed by atoms with Gasteiger partial charge in [-0.3, -0.25) is 9.89 Å². The van der Waals surface area contributed by atoms with Crippen LogP contribution in [-0.2, 0) is 0 Å². The highest BCUT2D eigenvalue weighted by atomic mass is 32.1. The van der Waals surface area contributed by atoms with E-state index in [0.717, 1.165) is 16.2 Å². The summed E-state index contributed by atoms with van der Waals surface area (Å²) >= 11 is 1.55. The fourth-order valence-corrected chi connectivity index (χ4v) is 2.62. The van der Waals surface area contributed by atoms with Crippen molar-refractivity contribution in [3.63, 3.8) is 0 Å². The Labute approximate surface area is 135 Å². The van der Waals surface area contributed by atoms with Gasteiger partial charge in [0.05, 0.1) is 11.4 Å². The van der Waals surface area contributed by atoms with Crippen molar-refractivity contribution in [2.24, 2.45) is 5.10 Å². The number of nitrogens with zero attached hydrogens (tertiary/aromatic N) is 2. The van der Waals surface area contributed by atoms with Gasteiger partial charge in [-0.15, -0.1) is 11.3 Å². The summed E-state index contributed by atoms with van der Waals surface area (Å²) in [7, 11) is 0. The van der Waals surface area contributed by atoms with Crippen LogP contribution in [0.1, 0.15) is 22.3 Å². The van der Waals surface area contributed by atoms with Crippen LogP contribution < -0.4 is 5.43 Å². The molecule has 1 aromatic carbocycles. The van der Waals surface area contributed by atoms with Crippen molar-refractivity contribution in [3.05, 3.63) is 64.2 Å². The maximum Gasteiger partial charge on any atom is 0.289 e. The molecule has 0 atom stereocenters. The van der Waals surface area contributed by atoms with E-state index in [2.05, 4.69) is 20.7 Å². The van der Waals surface area contributed by atoms with E-state index in [9.17, 15) is 9.18 Å². The number of amides is 1. The second-order valence-electron chi connectivity index (χ2n) is 4.79. The normalized spacial score (nSPS) is 11.5. The van der Waals surface area contributed by atoms with Gasteiger partial charge in [0.2, 0.25) is 0 Å². The van der Waals surface area contributed by atoms with Gasteiger partial charge in [-0.05, 0) is 48.7 Å². The van der Waals surface area contributed by atoms with E-state index in [-0.39, 0.29) is 17.4 Å². The standard InChI is InChI=1S/C16H13FN4OS/c1-10(15-3-2-8-23-15)18-21-16(22)14-9-13(19-20-14)11-4-6-12(17)7-5-11/h2-9H,1H3,(H,19,20)(H,21,22)/b18-10+. The van der Waals surface area contributed by atoms with Crippen molar-refractivity contribution in [3.8, 4) is 11.3 Å². The second-order valence-corrected chi connectivity index (χ2v) is 5.74. The molecule has 0 bridgehead atoms. The monoisotopic (exact) mass is 328 g/mol. The molecule has 0 saturated carbocycles. The average molecular weight is 328 g/mol. The van der Waals surface area contributed by atoms with Crippen LogP contribution in [-0.4, -0.2) is 21.8 Å². The Kier molecular flexibility index (Phi) is 4.29. The minimum atomic E-state index is -0.387. The van der Waals surface area contributed by atoms with E-state index in [1.165, 1.54) is 12.1 Å². The summed E-state index contributed by atoms with van der Waals surface area (Å²) in [6.07, 6.45) is 0. The lowest BCUT2D eigenvalue weighted by Crippen LogP contribution is -2.19. The molecule has 7 heteroatoms. The Morgan fingerprint density at radius 2 is 2.09 bits per heavy atom. The number of hydrogen-bond donors (Lipinski definition) is 2. The van der Waals surface area contributed by atoms with Gasteiger partial charge in [0.25, 0.3) is 5.91 Å². The zero-order chi connectivity index (χ0) is 16.2. The van der Waals surface area contributed by atoms with Crippen LogP contribution >= 0.6 is 11.3 Å². The van der Waals surface area contributed by atoms with Crippen molar-refractivity contribution in [2.75, 3.05) is 0 Å². The SMILES string of the molecule is C/C(=N\NC(=O)c1cc(-c2ccc(F)cc2)n[nH]1)c1cccs1. The van der Waals surface area contributed by atoms with Gasteiger partial charge in [-0.25, -0.2) is 9.82 Å². The van der Waals surface area contributed by atoms with E-state index < -0.39 is 0 Å². The summed E-state index contributed by atoms with van der Waals surface area (Å²) < 4.78 is 12.9. The molecule has 1 amide bonds. The lowest BCUT2D eigenvalue weighted by molar-refractivity contribution is 0.0950. The lowest BCUT2D eigenvalue weighted by Gasteiger charge is -1.98. The fourth-order valence-electron chi connectivity index (χ4n) is 1.94. The molecule has 0 aliphatic heterocycles. The highest BCUT2D eigenvalue weighted by Gasteiger charge is 2.11. The number of H-pyrrole nitrogens is 1. The van der Waals surface area contributed by atoms with Gasteiger partial charge < -0.3 is 0 Å². The number of aromatic nitrogens is 2. The second kappa shape index (κ2) is 6.53. The van der Waals surface area contributed by atoms with Crippen molar-refractivity contribution in [1.82, 2.24) is 15.6 Å². The Hall–Kier alpha value is -2.80. The van der Waals surface area contributed by atoms with Crippen LogP contribution in [0.15, 0.2) is 52.9 Å². The van der Waals surface area contributed by atoms with Gasteiger partial charge in [0.15, 0.2) is 0 Å². The van der Waals surface area contributed by atoms with Crippen LogP contribution in [0.2, 0.25) is 0 Å². The number of benzene rings is 1. The number of carbonyl (C=O) groups is 1. The highest BCUT2D eigenvalue weighted by molar-refractivity contribution is 7.12. The molecule has 0 fully saturated rings. The number of hydrazone groups is 1. The van der Waals surface area contributed by atoms with Gasteiger partial charge in [-0.2, -0.15) is 10.2 Å². The number of thiophene rings is 1. The van der Waals surface area contributed by atoms with Crippen LogP contribution in [0.3, 0.4) is 0 Å². The van der Waals surface area contributed by atoms with Crippen molar-refractivity contribution >= 4 is 23.0 Å². The topological polar surface area (TPSA) is 70.1 Å². The molecule has 0 radical (unpaired) electrons. The summed E-state index contributed by atoms with van der Waals surface area (Å²) in [6.45, 7) is 1.82. The molecule has 23 heavy (non-hydrogen) atoms. The van der Waals surface area contributed by atoms with Crippen LogP contribution in [0, 0.1) is 5.82 Å². The Bertz CT molecular complexity index is 837. The maximum absolute atomic E-state index is 12.9. The molecular formula is C16H13FN4OS. The minimum Gasteiger partial charge on any atom is -0.272 e. The first-order valence-electron chi connectivity index (χ1n) is 6.83. The maximum atomic E-state index is 12.9. The molecule has 0 aliphatic carbocycles. The predicted molar refractivity (Wildman–Crippen MR) is 88.0 cm³/mol. The first-order chi connectivity index (χ1) is 11.1. The molecule has 0 spiro atoms. The molecule has 0 unspecified atom stereocenters. The number of aromatic amines is 1. The molecule has 5 nitrogen and oxygen atoms in total. The zero-order valence-electron chi connectivity index (χ0n) is 12.2. The third-order valence-corrected chi connectivity index (χ3v) is 4.14. The van der Waals surface area contributed by atoms with E-state index in [0.29, 0.717) is 5.69 Å². The average Bonchev–Trinajstić information content (AvgIpc) is 3.24. The first-order valence-corrected chi connectivity index (χ1v) is 7.71. The molecule has 116 valence electrons. The molecule has 0 saturated heterocycles. The fraction of sp³-hybridized carbons (Fsp3) is 0.0625. The smallest absolute Gasteiger partial charge is 0.272 e. The zero-order valence-corrected chi connectivity index (χ0v) is 13.0. The Morgan fingerprint density at radius 1 is 1.30 bits per heavy atom. The van der Waals surface area contributed by atoms with Crippen molar-refractivity contribution in [2.45, 2.75) is 6.92 Å². The number of carbonyl (C=O) groups excluding carboxylic acids is 1. The molecule has 2 heterocycles. The van der Waals surface area contributed by atoms with Crippen LogP contribution in [0.25, 0.3) is 11.3 Å². The van der Waals surface area contributed by atoms with Gasteiger partial charge >= 0.3 is 0 Å². The van der Waals surface area contributed by atoms with Crippen molar-refractivity contribution in [1.29, 1.82) is 0 Å². The molecule has 2 aromatic heterocycles. The first kappa shape index (κ1) is 15.1. The molecule has 3 aromatic rings. The Morgan fingerprint density at radius 3 is 2.78 bits per heavy atom. The van der Waals surface area contributed by atoms with Gasteiger partial charge in [0, 0.05) is 10.4 Å². The van der Waals surface area contributed by atoms with Crippen LogP contribution in [0.5, 0.6) is 0 Å². The summed E-state index contributed by atoms with van der Waals surface area (Å²) in [5, 5.41) is 12.7. The third-order valence-electron chi connectivity index (χ3n) is 3.17. The molecule has 2 N–H and O–H groups in total. The highest BCUT2D eigenvalue weighted by Crippen LogP contribution is 2.18. The summed E-state index contributed by atoms with van der Waals surface area (Å²) in [4.78, 5) is 13.1. The number of halogens is 1. The quantitative estimate of drug-likeness (QED) is 0.569. The molecule has 0 aliphatic rings. The number of hydrogen-bond acceptors (Lipinski definition) is 4. The van der Waals surface area contributed by atoms with E-state index >= 15 is 0 Å². The minimum absolute atomic E-state index is 0.284. The Balaban J connectivity index is 1.71. The predicted octanol–water partition coefficient (Wildman–Crippen LogP) is 3.43. The summed E-state index contributed by atoms with van der Waals surface area (Å²) in [5.41, 5.74) is 4.78. The van der Waals surface area contributed by atoms with Crippen LogP contribution in [0.4, 0.5) is 4.39 Å². The summed E-state index contributed by atoms with van der Waals surface area (Å²) in [5.74, 6) is -0.706. The molecule has 3 rings (SSSR count). The molecular weight excluding hydrogens is 315 g/mol. The van der Waals surface area contributed by atoms with Crippen molar-refractivity contribution < 1.29 is 9.18 Å². The largest absolute Gasteiger partial charge is 0.289 e.